The standard InChI is InChI=1S/C6H3ClIN3/c7-4-1-2-6-9-5(8)3-11(6)10-4/h1-3H. The minimum absolute atomic E-state index is 0.478. The van der Waals surface area contributed by atoms with E-state index in [1.165, 1.54) is 0 Å². The van der Waals surface area contributed by atoms with Gasteiger partial charge in [-0.2, -0.15) is 5.10 Å². The first kappa shape index (κ1) is 7.30. The fraction of sp³-hybridized carbons (Fsp3) is 0. The average Bonchev–Trinajstić information content (AvgIpc) is 2.27. The summed E-state index contributed by atoms with van der Waals surface area (Å²) in [6.45, 7) is 0. The largest absolute Gasteiger partial charge is 0.221 e. The molecule has 2 heterocycles. The zero-order valence-electron chi connectivity index (χ0n) is 5.33. The molecule has 0 aromatic carbocycles. The Hall–Kier alpha value is -0.360. The van der Waals surface area contributed by atoms with Crippen molar-refractivity contribution < 1.29 is 0 Å². The van der Waals surface area contributed by atoms with Gasteiger partial charge in [0.15, 0.2) is 5.65 Å². The van der Waals surface area contributed by atoms with E-state index in [4.69, 9.17) is 11.6 Å². The first-order valence-corrected chi connectivity index (χ1v) is 4.39. The number of halogens is 2. The monoisotopic (exact) mass is 279 g/mol. The number of hydrogen-bond acceptors (Lipinski definition) is 2. The van der Waals surface area contributed by atoms with E-state index in [0.29, 0.717) is 5.15 Å². The predicted octanol–water partition coefficient (Wildman–Crippen LogP) is 1.99. The van der Waals surface area contributed by atoms with Crippen molar-refractivity contribution in [2.24, 2.45) is 0 Å². The number of rotatable bonds is 0. The van der Waals surface area contributed by atoms with Gasteiger partial charge in [-0.25, -0.2) is 9.50 Å². The van der Waals surface area contributed by atoms with Crippen molar-refractivity contribution in [2.75, 3.05) is 0 Å². The summed E-state index contributed by atoms with van der Waals surface area (Å²) in [5.41, 5.74) is 0.818. The molecular weight excluding hydrogens is 276 g/mol. The second-order valence-corrected chi connectivity index (χ2v) is 3.51. The highest BCUT2D eigenvalue weighted by Crippen LogP contribution is 2.08. The molecule has 5 heteroatoms. The van der Waals surface area contributed by atoms with Gasteiger partial charge in [0.25, 0.3) is 0 Å². The molecule has 0 saturated heterocycles. The van der Waals surface area contributed by atoms with Crippen molar-refractivity contribution in [3.63, 3.8) is 0 Å². The molecule has 2 aromatic heterocycles. The van der Waals surface area contributed by atoms with Crippen LogP contribution in [0.1, 0.15) is 0 Å². The van der Waals surface area contributed by atoms with Gasteiger partial charge in [0, 0.05) is 0 Å². The number of hydrogen-bond donors (Lipinski definition) is 0. The second kappa shape index (κ2) is 2.60. The summed E-state index contributed by atoms with van der Waals surface area (Å²) in [5, 5.41) is 4.49. The molecule has 2 rings (SSSR count). The van der Waals surface area contributed by atoms with Gasteiger partial charge in [-0.05, 0) is 34.7 Å². The van der Waals surface area contributed by atoms with Crippen molar-refractivity contribution in [2.45, 2.75) is 0 Å². The molecule has 0 amide bonds. The third kappa shape index (κ3) is 1.32. The van der Waals surface area contributed by atoms with E-state index >= 15 is 0 Å². The molecule has 0 saturated carbocycles. The summed E-state index contributed by atoms with van der Waals surface area (Å²) in [4.78, 5) is 4.18. The van der Waals surface area contributed by atoms with Crippen LogP contribution in [0.3, 0.4) is 0 Å². The molecule has 0 spiro atoms. The van der Waals surface area contributed by atoms with E-state index in [1.54, 1.807) is 10.6 Å². The zero-order chi connectivity index (χ0) is 7.84. The molecule has 0 bridgehead atoms. The molecule has 0 fully saturated rings. The first-order chi connectivity index (χ1) is 5.25. The van der Waals surface area contributed by atoms with E-state index in [9.17, 15) is 0 Å². The third-order valence-electron chi connectivity index (χ3n) is 1.26. The van der Waals surface area contributed by atoms with Gasteiger partial charge in [-0.1, -0.05) is 11.6 Å². The fourth-order valence-electron chi connectivity index (χ4n) is 0.830. The number of aromatic nitrogens is 3. The molecule has 11 heavy (non-hydrogen) atoms. The van der Waals surface area contributed by atoms with Crippen LogP contribution in [0.4, 0.5) is 0 Å². The SMILES string of the molecule is Clc1ccc2nc(I)cn2n1. The van der Waals surface area contributed by atoms with Crippen LogP contribution in [-0.2, 0) is 0 Å². The second-order valence-electron chi connectivity index (χ2n) is 2.02. The van der Waals surface area contributed by atoms with Crippen LogP contribution in [0.25, 0.3) is 5.65 Å². The third-order valence-corrected chi connectivity index (χ3v) is 1.98. The van der Waals surface area contributed by atoms with Crippen LogP contribution >= 0.6 is 34.2 Å². The van der Waals surface area contributed by atoms with Crippen molar-refractivity contribution in [1.82, 2.24) is 14.6 Å². The van der Waals surface area contributed by atoms with Gasteiger partial charge in [0.1, 0.15) is 8.85 Å². The van der Waals surface area contributed by atoms with Gasteiger partial charge in [0.2, 0.25) is 0 Å². The molecule has 0 radical (unpaired) electrons. The van der Waals surface area contributed by atoms with Crippen LogP contribution in [0.5, 0.6) is 0 Å². The maximum Gasteiger partial charge on any atom is 0.154 e. The zero-order valence-corrected chi connectivity index (χ0v) is 8.24. The highest BCUT2D eigenvalue weighted by molar-refractivity contribution is 14.1. The van der Waals surface area contributed by atoms with E-state index < -0.39 is 0 Å². The van der Waals surface area contributed by atoms with Crippen LogP contribution in [0, 0.1) is 3.70 Å². The first-order valence-electron chi connectivity index (χ1n) is 2.93. The van der Waals surface area contributed by atoms with Crippen molar-refractivity contribution in [3.05, 3.63) is 27.2 Å². The molecule has 0 unspecified atom stereocenters. The molecule has 2 aromatic rings. The Morgan fingerprint density at radius 2 is 2.27 bits per heavy atom. The van der Waals surface area contributed by atoms with Crippen LogP contribution in [0.15, 0.2) is 18.3 Å². The topological polar surface area (TPSA) is 30.2 Å². The smallest absolute Gasteiger partial charge is 0.154 e. The van der Waals surface area contributed by atoms with Crippen molar-refractivity contribution >= 4 is 39.8 Å². The Bertz CT molecular complexity index is 398. The van der Waals surface area contributed by atoms with Gasteiger partial charge >= 0.3 is 0 Å². The van der Waals surface area contributed by atoms with E-state index in [1.807, 2.05) is 12.3 Å². The Morgan fingerprint density at radius 1 is 1.45 bits per heavy atom. The summed E-state index contributed by atoms with van der Waals surface area (Å²) in [5.74, 6) is 0. The minimum atomic E-state index is 0.478. The molecule has 0 aliphatic heterocycles. The summed E-state index contributed by atoms with van der Waals surface area (Å²) in [7, 11) is 0. The van der Waals surface area contributed by atoms with Gasteiger partial charge in [-0.15, -0.1) is 0 Å². The van der Waals surface area contributed by atoms with Crippen molar-refractivity contribution in [3.8, 4) is 0 Å². The maximum absolute atomic E-state index is 5.67. The van der Waals surface area contributed by atoms with Crippen LogP contribution in [0.2, 0.25) is 5.15 Å². The van der Waals surface area contributed by atoms with E-state index in [0.717, 1.165) is 9.35 Å². The molecule has 0 aliphatic rings. The van der Waals surface area contributed by atoms with Crippen LogP contribution in [-0.4, -0.2) is 14.6 Å². The molecule has 56 valence electrons. The average molecular weight is 279 g/mol. The van der Waals surface area contributed by atoms with Crippen LogP contribution < -0.4 is 0 Å². The number of nitrogens with zero attached hydrogens (tertiary/aromatic N) is 3. The highest BCUT2D eigenvalue weighted by Gasteiger charge is 1.98. The normalized spacial score (nSPS) is 10.7. The Balaban J connectivity index is 2.82. The summed E-state index contributed by atoms with van der Waals surface area (Å²) < 4.78 is 2.57. The fourth-order valence-corrected chi connectivity index (χ4v) is 1.49. The van der Waals surface area contributed by atoms with Gasteiger partial charge < -0.3 is 0 Å². The van der Waals surface area contributed by atoms with Gasteiger partial charge in [-0.3, -0.25) is 0 Å². The number of fused-ring (bicyclic) bond motifs is 1. The minimum Gasteiger partial charge on any atom is -0.221 e. The quantitative estimate of drug-likeness (QED) is 0.690. The van der Waals surface area contributed by atoms with Crippen molar-refractivity contribution in [1.29, 1.82) is 0 Å². The Labute approximate surface area is 81.5 Å². The highest BCUT2D eigenvalue weighted by atomic mass is 127. The summed E-state index contributed by atoms with van der Waals surface area (Å²) in [6, 6.07) is 3.55. The Morgan fingerprint density at radius 3 is 3.09 bits per heavy atom. The number of imidazole rings is 1. The molecular formula is C6H3ClIN3. The lowest BCUT2D eigenvalue weighted by molar-refractivity contribution is 0.936. The molecule has 3 nitrogen and oxygen atoms in total. The molecule has 0 aliphatic carbocycles. The Kier molecular flexibility index (Phi) is 1.72. The maximum atomic E-state index is 5.67. The van der Waals surface area contributed by atoms with Gasteiger partial charge in [0.05, 0.1) is 6.20 Å². The lowest BCUT2D eigenvalue weighted by atomic mass is 10.6. The summed E-state index contributed by atoms with van der Waals surface area (Å²) in [6.07, 6.45) is 1.82. The predicted molar refractivity (Wildman–Crippen MR) is 50.7 cm³/mol. The van der Waals surface area contributed by atoms with E-state index in [-0.39, 0.29) is 0 Å². The molecule has 0 N–H and O–H groups in total. The lowest BCUT2D eigenvalue weighted by Crippen LogP contribution is -1.88. The molecule has 0 atom stereocenters. The summed E-state index contributed by atoms with van der Waals surface area (Å²) >= 11 is 7.80. The van der Waals surface area contributed by atoms with E-state index in [2.05, 4.69) is 32.7 Å². The lowest BCUT2D eigenvalue weighted by Gasteiger charge is -1.89.